The highest BCUT2D eigenvalue weighted by atomic mass is 32.1. The average molecular weight is 378 g/mol. The van der Waals surface area contributed by atoms with Crippen molar-refractivity contribution in [1.29, 1.82) is 0 Å². The van der Waals surface area contributed by atoms with Crippen LogP contribution in [0.25, 0.3) is 0 Å². The average Bonchev–Trinajstić information content (AvgIpc) is 2.58. The van der Waals surface area contributed by atoms with Crippen molar-refractivity contribution >= 4 is 30.4 Å². The van der Waals surface area contributed by atoms with Gasteiger partial charge in [0.05, 0.1) is 12.1 Å². The van der Waals surface area contributed by atoms with Crippen LogP contribution in [0, 0.1) is 0 Å². The summed E-state index contributed by atoms with van der Waals surface area (Å²) in [5.74, 6) is -3.06. The van der Waals surface area contributed by atoms with Crippen molar-refractivity contribution in [3.63, 3.8) is 0 Å². The van der Waals surface area contributed by atoms with E-state index < -0.39 is 35.9 Å². The molecule has 0 heterocycles. The number of nitrogens with two attached hydrogens (primary N) is 4. The second kappa shape index (κ2) is 13.1. The van der Waals surface area contributed by atoms with Gasteiger partial charge in [0.25, 0.3) is 0 Å². The maximum absolute atomic E-state index is 12.6. The molecule has 0 aliphatic rings. The van der Waals surface area contributed by atoms with Gasteiger partial charge in [-0.2, -0.15) is 12.6 Å². The van der Waals surface area contributed by atoms with Gasteiger partial charge < -0.3 is 28.0 Å². The van der Waals surface area contributed by atoms with E-state index in [1.54, 1.807) is 0 Å². The summed E-state index contributed by atoms with van der Waals surface area (Å²) in [7, 11) is 0. The van der Waals surface area contributed by atoms with Crippen LogP contribution in [0.2, 0.25) is 0 Å². The van der Waals surface area contributed by atoms with Crippen LogP contribution in [0.15, 0.2) is 0 Å². The zero-order chi connectivity index (χ0) is 19.4. The molecule has 25 heavy (non-hydrogen) atoms. The molecule has 9 nitrogen and oxygen atoms in total. The minimum atomic E-state index is -1.41. The predicted molar refractivity (Wildman–Crippen MR) is 98.9 cm³/mol. The van der Waals surface area contributed by atoms with Crippen LogP contribution in [-0.4, -0.2) is 64.8 Å². The Morgan fingerprint density at radius 2 is 1.28 bits per heavy atom. The Morgan fingerprint density at radius 3 is 1.56 bits per heavy atom. The minimum absolute atomic E-state index is 0.224. The quantitative estimate of drug-likeness (QED) is 0.168. The maximum Gasteiger partial charge on any atom is 0.327 e. The molecule has 3 atom stereocenters. The molecule has 0 spiro atoms. The molecule has 0 rings (SSSR count). The molecule has 0 fully saturated rings. The third kappa shape index (κ3) is 8.15. The number of unbranched alkanes of at least 4 members (excludes halogenated alkanes) is 2. The molecule has 0 unspecified atom stereocenters. The Balaban J connectivity index is 5.23. The van der Waals surface area contributed by atoms with E-state index in [1.807, 2.05) is 0 Å². The Morgan fingerprint density at radius 1 is 0.880 bits per heavy atom. The molecule has 0 aromatic heterocycles. The fourth-order valence-corrected chi connectivity index (χ4v) is 2.63. The zero-order valence-corrected chi connectivity index (χ0v) is 15.4. The number of rotatable bonds is 13. The third-order valence-electron chi connectivity index (χ3n) is 3.82. The van der Waals surface area contributed by atoms with Crippen LogP contribution >= 0.6 is 12.6 Å². The SMILES string of the molecule is NCCCC[C@H](N)C(=O)N(C(=O)[C@@H](N)CCCCN)[C@@H](CS)C(=O)O. The highest BCUT2D eigenvalue weighted by Gasteiger charge is 2.38. The number of amides is 2. The molecule has 9 N–H and O–H groups in total. The number of carbonyl (C=O) groups excluding carboxylic acids is 2. The molecule has 0 bridgehead atoms. The number of hydrogen-bond donors (Lipinski definition) is 6. The lowest BCUT2D eigenvalue weighted by atomic mass is 10.0. The first-order chi connectivity index (χ1) is 11.8. The molecule has 0 aromatic carbocycles. The number of carbonyl (C=O) groups is 3. The third-order valence-corrected chi connectivity index (χ3v) is 4.16. The van der Waals surface area contributed by atoms with Crippen molar-refractivity contribution in [2.45, 2.75) is 56.7 Å². The molecule has 0 radical (unpaired) electrons. The zero-order valence-electron chi connectivity index (χ0n) is 14.5. The molecule has 2 amide bonds. The normalized spacial score (nSPS) is 14.6. The Labute approximate surface area is 153 Å². The van der Waals surface area contributed by atoms with Crippen LogP contribution in [0.3, 0.4) is 0 Å². The number of imide groups is 1. The van der Waals surface area contributed by atoms with Crippen molar-refractivity contribution in [3.8, 4) is 0 Å². The maximum atomic E-state index is 12.6. The van der Waals surface area contributed by atoms with Crippen molar-refractivity contribution in [2.24, 2.45) is 22.9 Å². The van der Waals surface area contributed by atoms with Crippen LogP contribution in [0.5, 0.6) is 0 Å². The van der Waals surface area contributed by atoms with Crippen molar-refractivity contribution in [2.75, 3.05) is 18.8 Å². The van der Waals surface area contributed by atoms with Crippen molar-refractivity contribution in [3.05, 3.63) is 0 Å². The van der Waals surface area contributed by atoms with E-state index in [4.69, 9.17) is 22.9 Å². The second-order valence-electron chi connectivity index (χ2n) is 5.86. The largest absolute Gasteiger partial charge is 0.480 e. The van der Waals surface area contributed by atoms with Crippen LogP contribution in [0.4, 0.5) is 0 Å². The van der Waals surface area contributed by atoms with Gasteiger partial charge in [-0.15, -0.1) is 0 Å². The van der Waals surface area contributed by atoms with Gasteiger partial charge in [0.15, 0.2) is 0 Å². The number of carboxylic acids is 1. The molecule has 0 aromatic rings. The summed E-state index contributed by atoms with van der Waals surface area (Å²) in [5.41, 5.74) is 22.5. The summed E-state index contributed by atoms with van der Waals surface area (Å²) in [4.78, 5) is 37.3. The summed E-state index contributed by atoms with van der Waals surface area (Å²) in [6.45, 7) is 0.925. The van der Waals surface area contributed by atoms with Gasteiger partial charge in [0.1, 0.15) is 6.04 Å². The van der Waals surface area contributed by atoms with Gasteiger partial charge in [-0.05, 0) is 38.8 Å². The first kappa shape index (κ1) is 23.8. The van der Waals surface area contributed by atoms with E-state index in [0.717, 1.165) is 0 Å². The number of thiol groups is 1. The van der Waals surface area contributed by atoms with E-state index in [-0.39, 0.29) is 5.75 Å². The van der Waals surface area contributed by atoms with Gasteiger partial charge in [-0.25, -0.2) is 4.79 Å². The Hall–Kier alpha value is -1.20. The molecule has 0 aliphatic heterocycles. The van der Waals surface area contributed by atoms with E-state index in [0.29, 0.717) is 56.5 Å². The van der Waals surface area contributed by atoms with Gasteiger partial charge >= 0.3 is 5.97 Å². The van der Waals surface area contributed by atoms with Gasteiger partial charge in [-0.1, -0.05) is 12.8 Å². The Kier molecular flexibility index (Phi) is 12.4. The fourth-order valence-electron chi connectivity index (χ4n) is 2.31. The molecular weight excluding hydrogens is 346 g/mol. The fraction of sp³-hybridized carbons (Fsp3) is 0.800. The lowest BCUT2D eigenvalue weighted by Gasteiger charge is -2.30. The Bertz CT molecular complexity index is 410. The second-order valence-corrected chi connectivity index (χ2v) is 6.23. The number of nitrogens with zero attached hydrogens (tertiary/aromatic N) is 1. The number of aliphatic carboxylic acids is 1. The molecule has 0 saturated heterocycles. The van der Waals surface area contributed by atoms with Gasteiger partial charge in [0.2, 0.25) is 11.8 Å². The molecule has 0 aliphatic carbocycles. The first-order valence-electron chi connectivity index (χ1n) is 8.43. The van der Waals surface area contributed by atoms with E-state index in [9.17, 15) is 19.5 Å². The van der Waals surface area contributed by atoms with Crippen LogP contribution in [-0.2, 0) is 14.4 Å². The summed E-state index contributed by atoms with van der Waals surface area (Å²) >= 11 is 3.95. The monoisotopic (exact) mass is 377 g/mol. The van der Waals surface area contributed by atoms with Crippen LogP contribution < -0.4 is 22.9 Å². The smallest absolute Gasteiger partial charge is 0.327 e. The summed E-state index contributed by atoms with van der Waals surface area (Å²) in [6, 6.07) is -3.40. The lowest BCUT2D eigenvalue weighted by Crippen LogP contribution is -2.58. The standard InChI is InChI=1S/C15H31N5O4S/c16-7-3-1-5-10(18)13(21)20(12(9-25)15(23)24)14(22)11(19)6-2-4-8-17/h10-12,25H,1-9,16-19H2,(H,23,24)/t10-,11-,12-/m0/s1. The number of carboxylic acid groups (broad SMARTS) is 1. The number of hydrogen-bond acceptors (Lipinski definition) is 8. The van der Waals surface area contributed by atoms with Gasteiger partial charge in [-0.3, -0.25) is 14.5 Å². The van der Waals surface area contributed by atoms with E-state index in [1.165, 1.54) is 0 Å². The lowest BCUT2D eigenvalue weighted by molar-refractivity contribution is -0.158. The molecule has 10 heteroatoms. The minimum Gasteiger partial charge on any atom is -0.480 e. The first-order valence-corrected chi connectivity index (χ1v) is 9.06. The highest BCUT2D eigenvalue weighted by molar-refractivity contribution is 7.80. The van der Waals surface area contributed by atoms with E-state index in [2.05, 4.69) is 12.6 Å². The molecular formula is C15H31N5O4S. The van der Waals surface area contributed by atoms with Crippen molar-refractivity contribution < 1.29 is 19.5 Å². The van der Waals surface area contributed by atoms with Gasteiger partial charge in [0, 0.05) is 5.75 Å². The molecule has 146 valence electrons. The van der Waals surface area contributed by atoms with Crippen LogP contribution in [0.1, 0.15) is 38.5 Å². The predicted octanol–water partition coefficient (Wildman–Crippen LogP) is -1.36. The topological polar surface area (TPSA) is 179 Å². The molecule has 0 saturated carbocycles. The summed E-state index contributed by atoms with van der Waals surface area (Å²) in [5, 5.41) is 9.32. The summed E-state index contributed by atoms with van der Waals surface area (Å²) in [6.07, 6.45) is 3.19. The van der Waals surface area contributed by atoms with Crippen molar-refractivity contribution in [1.82, 2.24) is 4.90 Å². The highest BCUT2D eigenvalue weighted by Crippen LogP contribution is 2.12. The summed E-state index contributed by atoms with van der Waals surface area (Å²) < 4.78 is 0. The van der Waals surface area contributed by atoms with E-state index >= 15 is 0 Å².